The summed E-state index contributed by atoms with van der Waals surface area (Å²) in [6.45, 7) is 2.97. The van der Waals surface area contributed by atoms with Crippen LogP contribution in [0.1, 0.15) is 12.0 Å². The molecule has 0 aromatic heterocycles. The lowest BCUT2D eigenvalue weighted by molar-refractivity contribution is 0.403. The third kappa shape index (κ3) is 2.45. The van der Waals surface area contributed by atoms with Gasteiger partial charge in [0.25, 0.3) is 0 Å². The predicted octanol–water partition coefficient (Wildman–Crippen LogP) is 5.38. The molecule has 4 aromatic carbocycles. The van der Waals surface area contributed by atoms with E-state index in [9.17, 15) is 0 Å². The molecule has 1 heterocycles. The van der Waals surface area contributed by atoms with Gasteiger partial charge in [-0.25, -0.2) is 0 Å². The van der Waals surface area contributed by atoms with E-state index in [0.29, 0.717) is 0 Å². The maximum Gasteiger partial charge on any atom is 0.0852 e. The fourth-order valence-corrected chi connectivity index (χ4v) is 4.02. The zero-order valence-electron chi connectivity index (χ0n) is 14.2. The second-order valence-electron chi connectivity index (χ2n) is 6.81. The second kappa shape index (κ2) is 5.89. The third-order valence-corrected chi connectivity index (χ3v) is 5.20. The molecule has 0 radical (unpaired) electrons. The Bertz CT molecular complexity index is 1110. The smallest absolute Gasteiger partial charge is 0.0852 e. The molecule has 2 heteroatoms. The average molecular weight is 324 g/mol. The lowest BCUT2D eigenvalue weighted by Gasteiger charge is -2.23. The summed E-state index contributed by atoms with van der Waals surface area (Å²) < 4.78 is 0. The van der Waals surface area contributed by atoms with Crippen molar-refractivity contribution >= 4 is 38.7 Å². The van der Waals surface area contributed by atoms with E-state index in [1.807, 2.05) is 6.34 Å². The lowest BCUT2D eigenvalue weighted by Crippen LogP contribution is -2.26. The summed E-state index contributed by atoms with van der Waals surface area (Å²) in [6, 6.07) is 24.4. The number of rotatable bonds is 2. The molecule has 0 atom stereocenters. The normalized spacial score (nSPS) is 14.6. The zero-order chi connectivity index (χ0) is 16.6. The van der Waals surface area contributed by atoms with Gasteiger partial charge in [0, 0.05) is 19.6 Å². The van der Waals surface area contributed by atoms with E-state index in [1.54, 1.807) is 0 Å². The van der Waals surface area contributed by atoms with E-state index < -0.39 is 0 Å². The first-order valence-corrected chi connectivity index (χ1v) is 8.96. The first kappa shape index (κ1) is 14.5. The summed E-state index contributed by atoms with van der Waals surface area (Å²) in [5, 5.41) is 8.01. The van der Waals surface area contributed by atoms with Gasteiger partial charge in [-0.1, -0.05) is 66.7 Å². The standard InChI is InChI=1S/C23H20N2/c1-2-8-20-17(5-1)9-12-22-21(20)11-10-18-6-3-7-19(23(18)22)15-25-14-4-13-24-16-25/h1-3,5-12,16H,4,13-15H2. The minimum atomic E-state index is 0.923. The Hall–Kier alpha value is -2.87. The molecule has 0 amide bonds. The Kier molecular flexibility index (Phi) is 3.41. The molecule has 25 heavy (non-hydrogen) atoms. The van der Waals surface area contributed by atoms with Gasteiger partial charge in [0.2, 0.25) is 0 Å². The number of hydrogen-bond donors (Lipinski definition) is 0. The molecule has 0 fully saturated rings. The first-order chi connectivity index (χ1) is 12.4. The Labute approximate surface area is 147 Å². The van der Waals surface area contributed by atoms with E-state index in [4.69, 9.17) is 0 Å². The Morgan fingerprint density at radius 1 is 0.760 bits per heavy atom. The van der Waals surface area contributed by atoms with Gasteiger partial charge >= 0.3 is 0 Å². The molecule has 0 saturated heterocycles. The molecule has 0 aliphatic carbocycles. The van der Waals surface area contributed by atoms with E-state index in [-0.39, 0.29) is 0 Å². The highest BCUT2D eigenvalue weighted by Gasteiger charge is 2.11. The van der Waals surface area contributed by atoms with Crippen molar-refractivity contribution < 1.29 is 0 Å². The Morgan fingerprint density at radius 2 is 1.60 bits per heavy atom. The van der Waals surface area contributed by atoms with Gasteiger partial charge in [0.05, 0.1) is 6.34 Å². The van der Waals surface area contributed by atoms with Gasteiger partial charge in [-0.3, -0.25) is 4.99 Å². The maximum absolute atomic E-state index is 4.44. The van der Waals surface area contributed by atoms with E-state index >= 15 is 0 Å². The summed E-state index contributed by atoms with van der Waals surface area (Å²) in [5.74, 6) is 0. The van der Waals surface area contributed by atoms with Crippen molar-refractivity contribution in [3.8, 4) is 0 Å². The lowest BCUT2D eigenvalue weighted by atomic mass is 9.94. The maximum atomic E-state index is 4.44. The molecular formula is C23H20N2. The third-order valence-electron chi connectivity index (χ3n) is 5.20. The number of fused-ring (bicyclic) bond motifs is 5. The van der Waals surface area contributed by atoms with Crippen LogP contribution in [0, 0.1) is 0 Å². The molecule has 0 unspecified atom stereocenters. The highest BCUT2D eigenvalue weighted by Crippen LogP contribution is 2.33. The fourth-order valence-electron chi connectivity index (χ4n) is 4.02. The Morgan fingerprint density at radius 3 is 2.52 bits per heavy atom. The molecule has 0 bridgehead atoms. The molecule has 2 nitrogen and oxygen atoms in total. The van der Waals surface area contributed by atoms with Gasteiger partial charge in [-0.2, -0.15) is 0 Å². The highest BCUT2D eigenvalue weighted by molar-refractivity contribution is 6.18. The molecule has 1 aliphatic rings. The summed E-state index contributed by atoms with van der Waals surface area (Å²) in [7, 11) is 0. The van der Waals surface area contributed by atoms with Crippen molar-refractivity contribution in [1.29, 1.82) is 0 Å². The number of benzene rings is 4. The van der Waals surface area contributed by atoms with Crippen LogP contribution in [-0.4, -0.2) is 24.3 Å². The topological polar surface area (TPSA) is 15.6 Å². The predicted molar refractivity (Wildman–Crippen MR) is 107 cm³/mol. The Balaban J connectivity index is 1.77. The summed E-state index contributed by atoms with van der Waals surface area (Å²) in [4.78, 5) is 6.77. The largest absolute Gasteiger partial charge is 0.359 e. The van der Waals surface area contributed by atoms with E-state index in [1.165, 1.54) is 37.9 Å². The van der Waals surface area contributed by atoms with Crippen LogP contribution in [-0.2, 0) is 6.54 Å². The van der Waals surface area contributed by atoms with Crippen LogP contribution >= 0.6 is 0 Å². The van der Waals surface area contributed by atoms with Crippen molar-refractivity contribution in [2.75, 3.05) is 13.1 Å². The van der Waals surface area contributed by atoms with Gasteiger partial charge in [-0.05, 0) is 44.3 Å². The van der Waals surface area contributed by atoms with Crippen molar-refractivity contribution in [3.05, 3.63) is 72.3 Å². The van der Waals surface area contributed by atoms with Crippen molar-refractivity contribution in [2.24, 2.45) is 4.99 Å². The molecule has 1 aliphatic heterocycles. The monoisotopic (exact) mass is 324 g/mol. The van der Waals surface area contributed by atoms with Crippen LogP contribution in [0.25, 0.3) is 32.3 Å². The van der Waals surface area contributed by atoms with Gasteiger partial charge in [0.15, 0.2) is 0 Å². The van der Waals surface area contributed by atoms with Gasteiger partial charge < -0.3 is 4.90 Å². The molecule has 0 saturated carbocycles. The van der Waals surface area contributed by atoms with Gasteiger partial charge in [-0.15, -0.1) is 0 Å². The van der Waals surface area contributed by atoms with Crippen molar-refractivity contribution in [2.45, 2.75) is 13.0 Å². The van der Waals surface area contributed by atoms with Crippen molar-refractivity contribution in [3.63, 3.8) is 0 Å². The zero-order valence-corrected chi connectivity index (χ0v) is 14.2. The summed E-state index contributed by atoms with van der Waals surface area (Å²) in [6.07, 6.45) is 3.16. The minimum Gasteiger partial charge on any atom is -0.359 e. The van der Waals surface area contributed by atoms with Crippen LogP contribution < -0.4 is 0 Å². The highest BCUT2D eigenvalue weighted by atomic mass is 15.2. The quantitative estimate of drug-likeness (QED) is 0.452. The number of nitrogens with zero attached hydrogens (tertiary/aromatic N) is 2. The SMILES string of the molecule is C1=NCCCN1Cc1cccc2ccc3c4ccccc4ccc3c12. The van der Waals surface area contributed by atoms with Crippen LogP contribution in [0.15, 0.2) is 71.7 Å². The van der Waals surface area contributed by atoms with Crippen LogP contribution in [0.5, 0.6) is 0 Å². The fraction of sp³-hybridized carbons (Fsp3) is 0.174. The van der Waals surface area contributed by atoms with E-state index in [2.05, 4.69) is 76.6 Å². The summed E-state index contributed by atoms with van der Waals surface area (Å²) >= 11 is 0. The molecule has 5 rings (SSSR count). The van der Waals surface area contributed by atoms with Crippen molar-refractivity contribution in [1.82, 2.24) is 4.90 Å². The van der Waals surface area contributed by atoms with Crippen LogP contribution in [0.4, 0.5) is 0 Å². The first-order valence-electron chi connectivity index (χ1n) is 8.96. The van der Waals surface area contributed by atoms with Crippen LogP contribution in [0.2, 0.25) is 0 Å². The average Bonchev–Trinajstić information content (AvgIpc) is 2.68. The molecule has 4 aromatic rings. The van der Waals surface area contributed by atoms with Crippen LogP contribution in [0.3, 0.4) is 0 Å². The molecule has 122 valence electrons. The number of aliphatic imine (C=N–C) groups is 1. The second-order valence-corrected chi connectivity index (χ2v) is 6.81. The molecule has 0 N–H and O–H groups in total. The minimum absolute atomic E-state index is 0.923. The van der Waals surface area contributed by atoms with E-state index in [0.717, 1.165) is 26.1 Å². The number of hydrogen-bond acceptors (Lipinski definition) is 2. The molecular weight excluding hydrogens is 304 g/mol. The summed E-state index contributed by atoms with van der Waals surface area (Å²) in [5.41, 5.74) is 1.38. The van der Waals surface area contributed by atoms with Gasteiger partial charge in [0.1, 0.15) is 0 Å². The molecule has 0 spiro atoms.